The van der Waals surface area contributed by atoms with Crippen LogP contribution in [-0.4, -0.2) is 31.0 Å². The van der Waals surface area contributed by atoms with Crippen LogP contribution in [0, 0.1) is 6.92 Å². The van der Waals surface area contributed by atoms with Crippen molar-refractivity contribution in [1.82, 2.24) is 25.1 Å². The quantitative estimate of drug-likeness (QED) is 0.592. The van der Waals surface area contributed by atoms with Crippen LogP contribution >= 0.6 is 11.3 Å². The zero-order chi connectivity index (χ0) is 17.9. The standard InChI is InChI=1S/C17H12N6O2S/c1-10-3-2-4-20-14(10)13-9-26-17(22-13)23-16(24)11-7-21-25-15(11)12-8-18-5-6-19-12/h2-9H,1H3,(H,22,23,24). The van der Waals surface area contributed by atoms with E-state index in [2.05, 4.69) is 30.4 Å². The largest absolute Gasteiger partial charge is 0.354 e. The summed E-state index contributed by atoms with van der Waals surface area (Å²) < 4.78 is 5.16. The van der Waals surface area contributed by atoms with Crippen LogP contribution < -0.4 is 5.32 Å². The van der Waals surface area contributed by atoms with E-state index in [0.29, 0.717) is 16.5 Å². The van der Waals surface area contributed by atoms with E-state index in [-0.39, 0.29) is 17.2 Å². The van der Waals surface area contributed by atoms with Crippen LogP contribution in [0.4, 0.5) is 5.13 Å². The summed E-state index contributed by atoms with van der Waals surface area (Å²) in [5.41, 5.74) is 3.20. The van der Waals surface area contributed by atoms with E-state index >= 15 is 0 Å². The van der Waals surface area contributed by atoms with Crippen LogP contribution in [0.3, 0.4) is 0 Å². The summed E-state index contributed by atoms with van der Waals surface area (Å²) in [6.45, 7) is 1.96. The average molecular weight is 364 g/mol. The molecular weight excluding hydrogens is 352 g/mol. The molecule has 0 atom stereocenters. The fourth-order valence-electron chi connectivity index (χ4n) is 2.36. The topological polar surface area (TPSA) is 107 Å². The number of carbonyl (C=O) groups excluding carboxylic acids is 1. The number of aryl methyl sites for hydroxylation is 1. The molecule has 0 unspecified atom stereocenters. The molecular formula is C17H12N6O2S. The number of nitrogens with zero attached hydrogens (tertiary/aromatic N) is 5. The highest BCUT2D eigenvalue weighted by Crippen LogP contribution is 2.27. The Bertz CT molecular complexity index is 1060. The molecule has 1 amide bonds. The zero-order valence-electron chi connectivity index (χ0n) is 13.6. The van der Waals surface area contributed by atoms with Crippen molar-refractivity contribution in [3.8, 4) is 22.8 Å². The van der Waals surface area contributed by atoms with Gasteiger partial charge in [0.2, 0.25) is 0 Å². The van der Waals surface area contributed by atoms with Gasteiger partial charge < -0.3 is 4.52 Å². The third kappa shape index (κ3) is 3.07. The molecule has 4 aromatic rings. The molecule has 0 saturated heterocycles. The number of carbonyl (C=O) groups is 1. The van der Waals surface area contributed by atoms with Gasteiger partial charge in [0.05, 0.1) is 18.1 Å². The predicted molar refractivity (Wildman–Crippen MR) is 95.6 cm³/mol. The first-order valence-electron chi connectivity index (χ1n) is 7.62. The third-order valence-corrected chi connectivity index (χ3v) is 4.35. The van der Waals surface area contributed by atoms with Gasteiger partial charge in [0.25, 0.3) is 5.91 Å². The Morgan fingerprint density at radius 3 is 2.88 bits per heavy atom. The Kier molecular flexibility index (Phi) is 4.20. The Morgan fingerprint density at radius 1 is 1.15 bits per heavy atom. The minimum Gasteiger partial charge on any atom is -0.354 e. The number of thiazole rings is 1. The molecule has 4 aromatic heterocycles. The van der Waals surface area contributed by atoms with Gasteiger partial charge in [-0.2, -0.15) is 0 Å². The molecule has 4 heterocycles. The van der Waals surface area contributed by atoms with Gasteiger partial charge in [-0.15, -0.1) is 11.3 Å². The molecule has 0 bridgehead atoms. The Morgan fingerprint density at radius 2 is 2.08 bits per heavy atom. The van der Waals surface area contributed by atoms with E-state index < -0.39 is 0 Å². The van der Waals surface area contributed by atoms with E-state index in [1.807, 2.05) is 24.4 Å². The molecule has 0 aromatic carbocycles. The maximum Gasteiger partial charge on any atom is 0.263 e. The van der Waals surface area contributed by atoms with Crippen molar-refractivity contribution in [3.05, 3.63) is 59.6 Å². The molecule has 8 nitrogen and oxygen atoms in total. The van der Waals surface area contributed by atoms with Crippen molar-refractivity contribution in [2.24, 2.45) is 0 Å². The van der Waals surface area contributed by atoms with Crippen LogP contribution in [0.5, 0.6) is 0 Å². The maximum atomic E-state index is 12.6. The number of amides is 1. The van der Waals surface area contributed by atoms with Crippen LogP contribution in [-0.2, 0) is 0 Å². The van der Waals surface area contributed by atoms with Crippen LogP contribution in [0.2, 0.25) is 0 Å². The molecule has 0 spiro atoms. The molecule has 128 valence electrons. The Hall–Kier alpha value is -3.46. The summed E-state index contributed by atoms with van der Waals surface area (Å²) in [6.07, 6.45) is 7.61. The predicted octanol–water partition coefficient (Wildman–Crippen LogP) is 3.21. The first-order valence-corrected chi connectivity index (χ1v) is 8.50. The van der Waals surface area contributed by atoms with Crippen molar-refractivity contribution in [2.75, 3.05) is 5.32 Å². The fourth-order valence-corrected chi connectivity index (χ4v) is 3.05. The van der Waals surface area contributed by atoms with Gasteiger partial charge >= 0.3 is 0 Å². The molecule has 0 fully saturated rings. The molecule has 0 aliphatic heterocycles. The molecule has 0 aliphatic rings. The van der Waals surface area contributed by atoms with Gasteiger partial charge in [0.1, 0.15) is 17.0 Å². The number of hydrogen-bond acceptors (Lipinski definition) is 8. The summed E-state index contributed by atoms with van der Waals surface area (Å²) in [5, 5.41) is 8.76. The summed E-state index contributed by atoms with van der Waals surface area (Å²) in [5.74, 6) is -0.126. The highest BCUT2D eigenvalue weighted by Gasteiger charge is 2.20. The monoisotopic (exact) mass is 364 g/mol. The Labute approximate surface area is 152 Å². The van der Waals surface area contributed by atoms with Crippen LogP contribution in [0.1, 0.15) is 15.9 Å². The summed E-state index contributed by atoms with van der Waals surface area (Å²) in [7, 11) is 0. The van der Waals surface area contributed by atoms with E-state index in [4.69, 9.17) is 4.52 Å². The smallest absolute Gasteiger partial charge is 0.263 e. The lowest BCUT2D eigenvalue weighted by molar-refractivity contribution is 0.102. The molecule has 1 N–H and O–H groups in total. The lowest BCUT2D eigenvalue weighted by atomic mass is 10.2. The van der Waals surface area contributed by atoms with Crippen molar-refractivity contribution >= 4 is 22.4 Å². The summed E-state index contributed by atoms with van der Waals surface area (Å²) in [6, 6.07) is 3.83. The molecule has 0 saturated carbocycles. The second-order valence-electron chi connectivity index (χ2n) is 5.32. The summed E-state index contributed by atoms with van der Waals surface area (Å²) >= 11 is 1.32. The number of anilines is 1. The van der Waals surface area contributed by atoms with E-state index in [0.717, 1.165) is 11.3 Å². The van der Waals surface area contributed by atoms with Gasteiger partial charge in [-0.3, -0.25) is 20.1 Å². The van der Waals surface area contributed by atoms with Crippen molar-refractivity contribution in [3.63, 3.8) is 0 Å². The highest BCUT2D eigenvalue weighted by molar-refractivity contribution is 7.14. The third-order valence-electron chi connectivity index (χ3n) is 3.59. The number of aromatic nitrogens is 5. The van der Waals surface area contributed by atoms with Gasteiger partial charge in [-0.25, -0.2) is 9.97 Å². The lowest BCUT2D eigenvalue weighted by Crippen LogP contribution is -2.12. The minimum absolute atomic E-state index is 0.257. The van der Waals surface area contributed by atoms with Crippen molar-refractivity contribution < 1.29 is 9.32 Å². The molecule has 0 aliphatic carbocycles. The van der Waals surface area contributed by atoms with Gasteiger partial charge in [-0.1, -0.05) is 11.2 Å². The highest BCUT2D eigenvalue weighted by atomic mass is 32.1. The minimum atomic E-state index is -0.384. The first kappa shape index (κ1) is 16.0. The second kappa shape index (κ2) is 6.81. The SMILES string of the molecule is Cc1cccnc1-c1csc(NC(=O)c2cnoc2-c2cnccn2)n1. The molecule has 9 heteroatoms. The number of hydrogen-bond donors (Lipinski definition) is 1. The van der Waals surface area contributed by atoms with Gasteiger partial charge in [0, 0.05) is 24.0 Å². The van der Waals surface area contributed by atoms with Crippen LogP contribution in [0.15, 0.2) is 53.0 Å². The summed E-state index contributed by atoms with van der Waals surface area (Å²) in [4.78, 5) is 29.4. The van der Waals surface area contributed by atoms with Gasteiger partial charge in [-0.05, 0) is 18.6 Å². The van der Waals surface area contributed by atoms with Crippen molar-refractivity contribution in [2.45, 2.75) is 6.92 Å². The van der Waals surface area contributed by atoms with E-state index in [9.17, 15) is 4.79 Å². The number of nitrogens with one attached hydrogen (secondary N) is 1. The maximum absolute atomic E-state index is 12.6. The Balaban J connectivity index is 1.57. The molecule has 26 heavy (non-hydrogen) atoms. The van der Waals surface area contributed by atoms with E-state index in [1.54, 1.807) is 6.20 Å². The first-order chi connectivity index (χ1) is 12.7. The van der Waals surface area contributed by atoms with Crippen molar-refractivity contribution in [1.29, 1.82) is 0 Å². The molecule has 0 radical (unpaired) electrons. The number of rotatable bonds is 4. The number of pyridine rings is 1. The fraction of sp³-hybridized carbons (Fsp3) is 0.0588. The zero-order valence-corrected chi connectivity index (χ0v) is 14.4. The lowest BCUT2D eigenvalue weighted by Gasteiger charge is -2.01. The van der Waals surface area contributed by atoms with Crippen LogP contribution in [0.25, 0.3) is 22.8 Å². The van der Waals surface area contributed by atoms with E-state index in [1.165, 1.54) is 36.1 Å². The normalized spacial score (nSPS) is 10.7. The van der Waals surface area contributed by atoms with Gasteiger partial charge in [0.15, 0.2) is 10.9 Å². The second-order valence-corrected chi connectivity index (χ2v) is 6.18. The average Bonchev–Trinajstić information content (AvgIpc) is 3.32. The molecule has 4 rings (SSSR count).